The van der Waals surface area contributed by atoms with E-state index in [0.717, 1.165) is 92.7 Å². The Hall–Kier alpha value is -3.26. The van der Waals surface area contributed by atoms with E-state index >= 15 is 0 Å². The number of aromatic nitrogens is 4. The summed E-state index contributed by atoms with van der Waals surface area (Å²) in [6.07, 6.45) is 0. The Bertz CT molecular complexity index is 1090. The zero-order valence-electron chi connectivity index (χ0n) is 19.8. The van der Waals surface area contributed by atoms with Gasteiger partial charge in [-0.2, -0.15) is 0 Å². The van der Waals surface area contributed by atoms with Crippen LogP contribution in [0.25, 0.3) is 11.3 Å². The van der Waals surface area contributed by atoms with Crippen molar-refractivity contribution in [2.45, 2.75) is 13.8 Å². The second kappa shape index (κ2) is 9.31. The minimum absolute atomic E-state index is 0.803. The number of benzene rings is 1. The molecule has 2 aliphatic heterocycles. The Kier molecular flexibility index (Phi) is 6.09. The van der Waals surface area contributed by atoms with Gasteiger partial charge in [0.1, 0.15) is 29.1 Å². The summed E-state index contributed by atoms with van der Waals surface area (Å²) < 4.78 is 0. The highest BCUT2D eigenvalue weighted by molar-refractivity contribution is 5.63. The molecule has 1 aromatic carbocycles. The lowest BCUT2D eigenvalue weighted by molar-refractivity contribution is 0.312. The van der Waals surface area contributed by atoms with Crippen molar-refractivity contribution in [1.82, 2.24) is 24.8 Å². The third-order valence-electron chi connectivity index (χ3n) is 6.46. The van der Waals surface area contributed by atoms with Crippen molar-refractivity contribution in [1.29, 1.82) is 0 Å². The molecule has 0 amide bonds. The summed E-state index contributed by atoms with van der Waals surface area (Å²) in [6, 6.07) is 14.6. The number of hydrogen-bond acceptors (Lipinski definition) is 8. The lowest BCUT2D eigenvalue weighted by Gasteiger charge is -2.37. The van der Waals surface area contributed by atoms with Crippen LogP contribution in [0.3, 0.4) is 0 Å². The van der Waals surface area contributed by atoms with Gasteiger partial charge in [-0.1, -0.05) is 30.3 Å². The monoisotopic (exact) mass is 444 g/mol. The summed E-state index contributed by atoms with van der Waals surface area (Å²) >= 11 is 0. The fourth-order valence-corrected chi connectivity index (χ4v) is 4.53. The van der Waals surface area contributed by atoms with Crippen molar-refractivity contribution in [2.24, 2.45) is 0 Å². The van der Waals surface area contributed by atoms with Gasteiger partial charge in [0.05, 0.1) is 5.69 Å². The molecule has 3 aromatic rings. The standard InChI is InChI=1S/C25H32N8/c1-19-26-22(21-7-5-4-6-8-21)17-23(27-19)32-13-15-33(16-14-32)25-18-24(28-20(2)29-25)31-11-9-30(3)10-12-31/h4-8,17-18H,9-16H2,1-3H3. The fourth-order valence-electron chi connectivity index (χ4n) is 4.53. The molecule has 2 aliphatic rings. The number of rotatable bonds is 4. The third kappa shape index (κ3) is 4.90. The van der Waals surface area contributed by atoms with Gasteiger partial charge >= 0.3 is 0 Å². The first kappa shape index (κ1) is 21.6. The highest BCUT2D eigenvalue weighted by Gasteiger charge is 2.23. The Balaban J connectivity index is 1.29. The predicted octanol–water partition coefficient (Wildman–Crippen LogP) is 2.63. The molecular formula is C25H32N8. The second-order valence-corrected chi connectivity index (χ2v) is 8.92. The maximum atomic E-state index is 4.77. The number of hydrogen-bond donors (Lipinski definition) is 0. The fraction of sp³-hybridized carbons (Fsp3) is 0.440. The van der Waals surface area contributed by atoms with Crippen LogP contribution in [0.5, 0.6) is 0 Å². The van der Waals surface area contributed by atoms with E-state index in [4.69, 9.17) is 15.0 Å². The van der Waals surface area contributed by atoms with Crippen molar-refractivity contribution < 1.29 is 0 Å². The molecule has 172 valence electrons. The van der Waals surface area contributed by atoms with E-state index < -0.39 is 0 Å². The number of anilines is 3. The van der Waals surface area contributed by atoms with Crippen molar-refractivity contribution in [3.8, 4) is 11.3 Å². The van der Waals surface area contributed by atoms with E-state index in [2.05, 4.69) is 55.9 Å². The molecule has 33 heavy (non-hydrogen) atoms. The third-order valence-corrected chi connectivity index (χ3v) is 6.46. The SMILES string of the molecule is Cc1nc(-c2ccccc2)cc(N2CCN(c3cc(N4CCN(C)CC4)nc(C)n3)CC2)n1. The van der Waals surface area contributed by atoms with Crippen molar-refractivity contribution in [2.75, 3.05) is 74.1 Å². The lowest BCUT2D eigenvalue weighted by atomic mass is 10.1. The lowest BCUT2D eigenvalue weighted by Crippen LogP contribution is -2.47. The smallest absolute Gasteiger partial charge is 0.134 e. The van der Waals surface area contributed by atoms with Gasteiger partial charge in [-0.15, -0.1) is 0 Å². The molecule has 2 aromatic heterocycles. The van der Waals surface area contributed by atoms with Crippen LogP contribution >= 0.6 is 0 Å². The molecular weight excluding hydrogens is 412 g/mol. The van der Waals surface area contributed by atoms with E-state index in [9.17, 15) is 0 Å². The number of likely N-dealkylation sites (N-methyl/N-ethyl adjacent to an activating group) is 1. The van der Waals surface area contributed by atoms with E-state index in [0.29, 0.717) is 0 Å². The van der Waals surface area contributed by atoms with Gasteiger partial charge in [0.2, 0.25) is 0 Å². The van der Waals surface area contributed by atoms with E-state index in [1.807, 2.05) is 32.0 Å². The van der Waals surface area contributed by atoms with Gasteiger partial charge < -0.3 is 19.6 Å². The van der Waals surface area contributed by atoms with Gasteiger partial charge in [-0.05, 0) is 20.9 Å². The van der Waals surface area contributed by atoms with Crippen molar-refractivity contribution >= 4 is 17.5 Å². The summed E-state index contributed by atoms with van der Waals surface area (Å²) in [4.78, 5) is 28.4. The van der Waals surface area contributed by atoms with Gasteiger partial charge in [-0.25, -0.2) is 19.9 Å². The quantitative estimate of drug-likeness (QED) is 0.609. The van der Waals surface area contributed by atoms with Crippen LogP contribution in [0.4, 0.5) is 17.5 Å². The topological polar surface area (TPSA) is 64.5 Å². The minimum atomic E-state index is 0.803. The molecule has 0 radical (unpaired) electrons. The molecule has 0 N–H and O–H groups in total. The average molecular weight is 445 g/mol. The van der Waals surface area contributed by atoms with Gasteiger partial charge in [0.25, 0.3) is 0 Å². The molecule has 0 atom stereocenters. The van der Waals surface area contributed by atoms with Gasteiger partial charge in [0.15, 0.2) is 0 Å². The van der Waals surface area contributed by atoms with Crippen LogP contribution in [0.1, 0.15) is 11.6 Å². The molecule has 2 fully saturated rings. The summed E-state index contributed by atoms with van der Waals surface area (Å²) in [5, 5.41) is 0. The summed E-state index contributed by atoms with van der Waals surface area (Å²) in [5.41, 5.74) is 2.10. The van der Waals surface area contributed by atoms with Crippen LogP contribution in [-0.2, 0) is 0 Å². The molecule has 4 heterocycles. The van der Waals surface area contributed by atoms with Crippen molar-refractivity contribution in [3.05, 3.63) is 54.1 Å². The Morgan fingerprint density at radius 2 is 1.03 bits per heavy atom. The first-order chi connectivity index (χ1) is 16.0. The predicted molar refractivity (Wildman–Crippen MR) is 133 cm³/mol. The van der Waals surface area contributed by atoms with E-state index in [1.54, 1.807) is 0 Å². The zero-order chi connectivity index (χ0) is 22.8. The number of aryl methyl sites for hydroxylation is 2. The molecule has 2 saturated heterocycles. The van der Waals surface area contributed by atoms with Crippen LogP contribution in [0, 0.1) is 13.8 Å². The number of nitrogens with zero attached hydrogens (tertiary/aromatic N) is 8. The maximum Gasteiger partial charge on any atom is 0.134 e. The Labute approximate surface area is 195 Å². The minimum Gasteiger partial charge on any atom is -0.354 e. The first-order valence-electron chi connectivity index (χ1n) is 11.8. The van der Waals surface area contributed by atoms with E-state index in [1.165, 1.54) is 0 Å². The molecule has 0 aliphatic carbocycles. The average Bonchev–Trinajstić information content (AvgIpc) is 2.84. The van der Waals surface area contributed by atoms with Crippen LogP contribution < -0.4 is 14.7 Å². The number of piperazine rings is 2. The molecule has 8 nitrogen and oxygen atoms in total. The Morgan fingerprint density at radius 1 is 0.576 bits per heavy atom. The first-order valence-corrected chi connectivity index (χ1v) is 11.8. The largest absolute Gasteiger partial charge is 0.354 e. The summed E-state index contributed by atoms with van der Waals surface area (Å²) in [7, 11) is 2.18. The molecule has 0 saturated carbocycles. The maximum absolute atomic E-state index is 4.77. The zero-order valence-corrected chi connectivity index (χ0v) is 19.8. The molecule has 8 heteroatoms. The van der Waals surface area contributed by atoms with E-state index in [-0.39, 0.29) is 0 Å². The molecule has 5 rings (SSSR count). The highest BCUT2D eigenvalue weighted by atomic mass is 15.3. The summed E-state index contributed by atoms with van der Waals surface area (Å²) in [5.74, 6) is 4.71. The van der Waals surface area contributed by atoms with Crippen LogP contribution in [-0.4, -0.2) is 84.2 Å². The van der Waals surface area contributed by atoms with Gasteiger partial charge in [0, 0.05) is 70.1 Å². The summed E-state index contributed by atoms with van der Waals surface area (Å²) in [6.45, 7) is 11.7. The van der Waals surface area contributed by atoms with Gasteiger partial charge in [-0.3, -0.25) is 0 Å². The normalized spacial score (nSPS) is 17.5. The highest BCUT2D eigenvalue weighted by Crippen LogP contribution is 2.25. The van der Waals surface area contributed by atoms with Crippen molar-refractivity contribution in [3.63, 3.8) is 0 Å². The van der Waals surface area contributed by atoms with Crippen LogP contribution in [0.2, 0.25) is 0 Å². The molecule has 0 bridgehead atoms. The Morgan fingerprint density at radius 3 is 1.58 bits per heavy atom. The van der Waals surface area contributed by atoms with Crippen LogP contribution in [0.15, 0.2) is 42.5 Å². The molecule has 0 unspecified atom stereocenters. The molecule has 0 spiro atoms. The second-order valence-electron chi connectivity index (χ2n) is 8.92.